The van der Waals surface area contributed by atoms with E-state index in [-0.39, 0.29) is 0 Å². The van der Waals surface area contributed by atoms with Crippen molar-refractivity contribution in [3.8, 4) is 0 Å². The Morgan fingerprint density at radius 1 is 1.33 bits per heavy atom. The topological polar surface area (TPSA) is 12.4 Å². The van der Waals surface area contributed by atoms with Gasteiger partial charge in [0.05, 0.1) is 5.71 Å². The molecule has 0 aromatic heterocycles. The molecule has 0 aromatic carbocycles. The Kier molecular flexibility index (Phi) is 1.72. The van der Waals surface area contributed by atoms with Crippen molar-refractivity contribution in [3.63, 3.8) is 0 Å². The van der Waals surface area contributed by atoms with Gasteiger partial charge in [-0.3, -0.25) is 4.99 Å². The Morgan fingerprint density at radius 3 is 2.83 bits per heavy atom. The Labute approximate surface area is 73.2 Å². The Balaban J connectivity index is 2.29. The highest BCUT2D eigenvalue weighted by atomic mass is 14.8. The van der Waals surface area contributed by atoms with E-state index in [1.807, 2.05) is 6.08 Å². The molecule has 0 aromatic rings. The Bertz CT molecular complexity index is 303. The molecule has 0 bridgehead atoms. The van der Waals surface area contributed by atoms with Crippen molar-refractivity contribution in [2.45, 2.75) is 13.8 Å². The van der Waals surface area contributed by atoms with E-state index in [4.69, 9.17) is 0 Å². The lowest BCUT2D eigenvalue weighted by molar-refractivity contribution is 0.759. The fourth-order valence-corrected chi connectivity index (χ4v) is 1.49. The van der Waals surface area contributed by atoms with Gasteiger partial charge in [0.15, 0.2) is 0 Å². The van der Waals surface area contributed by atoms with Crippen molar-refractivity contribution in [1.82, 2.24) is 0 Å². The van der Waals surface area contributed by atoms with Crippen LogP contribution in [0.2, 0.25) is 0 Å². The fraction of sp³-hybridized carbons (Fsp3) is 0.364. The first kappa shape index (κ1) is 7.53. The molecule has 1 aliphatic carbocycles. The summed E-state index contributed by atoms with van der Waals surface area (Å²) >= 11 is 0. The van der Waals surface area contributed by atoms with E-state index in [9.17, 15) is 0 Å². The van der Waals surface area contributed by atoms with Crippen LogP contribution in [0.1, 0.15) is 13.8 Å². The highest BCUT2D eigenvalue weighted by molar-refractivity contribution is 6.02. The zero-order valence-corrected chi connectivity index (χ0v) is 7.49. The molecule has 1 nitrogen and oxygen atoms in total. The van der Waals surface area contributed by atoms with Crippen LogP contribution in [0.3, 0.4) is 0 Å². The van der Waals surface area contributed by atoms with E-state index in [2.05, 4.69) is 43.1 Å². The third-order valence-corrected chi connectivity index (χ3v) is 2.24. The maximum absolute atomic E-state index is 4.55. The van der Waals surface area contributed by atoms with Gasteiger partial charge < -0.3 is 0 Å². The number of aliphatic imine (C=N–C) groups is 1. The molecule has 1 heteroatoms. The molecule has 0 N–H and O–H groups in total. The second kappa shape index (κ2) is 2.74. The smallest absolute Gasteiger partial charge is 0.0514 e. The summed E-state index contributed by atoms with van der Waals surface area (Å²) in [6, 6.07) is 0. The van der Waals surface area contributed by atoms with Crippen molar-refractivity contribution in [1.29, 1.82) is 0 Å². The molecule has 62 valence electrons. The van der Waals surface area contributed by atoms with Crippen LogP contribution in [0.4, 0.5) is 0 Å². The van der Waals surface area contributed by atoms with Crippen molar-refractivity contribution in [2.75, 3.05) is 0 Å². The minimum Gasteiger partial charge on any atom is -0.257 e. The van der Waals surface area contributed by atoms with Crippen LogP contribution in [-0.4, -0.2) is 5.71 Å². The first-order valence-electron chi connectivity index (χ1n) is 4.42. The quantitative estimate of drug-likeness (QED) is 0.558. The summed E-state index contributed by atoms with van der Waals surface area (Å²) < 4.78 is 0. The minimum atomic E-state index is 0.451. The van der Waals surface area contributed by atoms with E-state index in [0.29, 0.717) is 11.8 Å². The molecular weight excluding hydrogens is 146 g/mol. The maximum atomic E-state index is 4.55. The maximum Gasteiger partial charge on any atom is 0.0514 e. The van der Waals surface area contributed by atoms with Gasteiger partial charge in [-0.05, 0) is 18.1 Å². The average Bonchev–Trinajstić information content (AvgIpc) is 2.46. The summed E-state index contributed by atoms with van der Waals surface area (Å²) in [6.07, 6.45) is 10.7. The van der Waals surface area contributed by atoms with Crippen LogP contribution in [0, 0.1) is 11.8 Å². The highest BCUT2D eigenvalue weighted by Crippen LogP contribution is 2.25. The van der Waals surface area contributed by atoms with E-state index >= 15 is 0 Å². The molecule has 0 spiro atoms. The number of rotatable bonds is 1. The van der Waals surface area contributed by atoms with Gasteiger partial charge in [0.25, 0.3) is 0 Å². The molecule has 0 radical (unpaired) electrons. The average molecular weight is 159 g/mol. The molecule has 0 fully saturated rings. The van der Waals surface area contributed by atoms with Crippen molar-refractivity contribution >= 4 is 5.71 Å². The Hall–Kier alpha value is -1.11. The van der Waals surface area contributed by atoms with Gasteiger partial charge in [-0.2, -0.15) is 0 Å². The minimum absolute atomic E-state index is 0.451. The molecule has 2 rings (SSSR count). The lowest BCUT2D eigenvalue weighted by Gasteiger charge is -2.03. The summed E-state index contributed by atoms with van der Waals surface area (Å²) in [4.78, 5) is 4.55. The van der Waals surface area contributed by atoms with Crippen LogP contribution >= 0.6 is 0 Å². The standard InChI is InChI=1S/C11H13N/c1-8(2)11-7-9-5-3-4-6-10(9)12-11/h3-9H,1-2H3. The molecule has 1 unspecified atom stereocenters. The van der Waals surface area contributed by atoms with Crippen LogP contribution in [-0.2, 0) is 0 Å². The molecule has 0 amide bonds. The number of nitrogens with zero attached hydrogens (tertiary/aromatic N) is 1. The molecule has 0 saturated heterocycles. The number of fused-ring (bicyclic) bond motifs is 1. The number of hydrogen-bond donors (Lipinski definition) is 0. The van der Waals surface area contributed by atoms with Gasteiger partial charge in [0.1, 0.15) is 0 Å². The predicted molar refractivity (Wildman–Crippen MR) is 52.1 cm³/mol. The largest absolute Gasteiger partial charge is 0.257 e. The summed E-state index contributed by atoms with van der Waals surface area (Å²) in [5.74, 6) is 0.997. The van der Waals surface area contributed by atoms with Gasteiger partial charge >= 0.3 is 0 Å². The second-order valence-electron chi connectivity index (χ2n) is 3.55. The zero-order valence-electron chi connectivity index (χ0n) is 7.49. The summed E-state index contributed by atoms with van der Waals surface area (Å²) in [6.45, 7) is 4.36. The van der Waals surface area contributed by atoms with E-state index in [1.54, 1.807) is 0 Å². The third-order valence-electron chi connectivity index (χ3n) is 2.24. The molecular formula is C11H13N. The molecule has 1 heterocycles. The van der Waals surface area contributed by atoms with Gasteiger partial charge in [0.2, 0.25) is 0 Å². The second-order valence-corrected chi connectivity index (χ2v) is 3.55. The lowest BCUT2D eigenvalue weighted by Crippen LogP contribution is -2.04. The first-order chi connectivity index (χ1) is 5.77. The number of hydrogen-bond acceptors (Lipinski definition) is 1. The van der Waals surface area contributed by atoms with Crippen LogP contribution in [0.25, 0.3) is 0 Å². The highest BCUT2D eigenvalue weighted by Gasteiger charge is 2.19. The summed E-state index contributed by atoms with van der Waals surface area (Å²) in [7, 11) is 0. The van der Waals surface area contributed by atoms with Crippen molar-refractivity contribution in [2.24, 2.45) is 16.8 Å². The molecule has 12 heavy (non-hydrogen) atoms. The van der Waals surface area contributed by atoms with Crippen LogP contribution in [0.5, 0.6) is 0 Å². The fourth-order valence-electron chi connectivity index (χ4n) is 1.49. The van der Waals surface area contributed by atoms with Crippen molar-refractivity contribution < 1.29 is 0 Å². The lowest BCUT2D eigenvalue weighted by atomic mass is 9.99. The molecule has 1 aliphatic heterocycles. The van der Waals surface area contributed by atoms with E-state index in [0.717, 1.165) is 0 Å². The number of allylic oxidation sites excluding steroid dienone is 6. The molecule has 2 aliphatic rings. The van der Waals surface area contributed by atoms with Gasteiger partial charge in [-0.25, -0.2) is 0 Å². The summed E-state index contributed by atoms with van der Waals surface area (Å²) in [5.41, 5.74) is 2.42. The third kappa shape index (κ3) is 1.15. The van der Waals surface area contributed by atoms with Gasteiger partial charge in [-0.1, -0.05) is 32.1 Å². The SMILES string of the molecule is CC(C)C1=CC2C=CC=CC2=N1. The Morgan fingerprint density at radius 2 is 2.17 bits per heavy atom. The summed E-state index contributed by atoms with van der Waals surface area (Å²) in [5, 5.41) is 0. The predicted octanol–water partition coefficient (Wildman–Crippen LogP) is 2.72. The van der Waals surface area contributed by atoms with Crippen LogP contribution < -0.4 is 0 Å². The first-order valence-corrected chi connectivity index (χ1v) is 4.42. The molecule has 0 saturated carbocycles. The zero-order chi connectivity index (χ0) is 8.55. The van der Waals surface area contributed by atoms with Gasteiger partial charge in [0, 0.05) is 11.6 Å². The van der Waals surface area contributed by atoms with Crippen LogP contribution in [0.15, 0.2) is 41.1 Å². The van der Waals surface area contributed by atoms with Gasteiger partial charge in [-0.15, -0.1) is 0 Å². The van der Waals surface area contributed by atoms with E-state index < -0.39 is 0 Å². The molecule has 1 atom stereocenters. The monoisotopic (exact) mass is 159 g/mol. The normalized spacial score (nSPS) is 25.8. The van der Waals surface area contributed by atoms with Crippen molar-refractivity contribution in [3.05, 3.63) is 36.1 Å². The van der Waals surface area contributed by atoms with E-state index in [1.165, 1.54) is 11.4 Å².